The van der Waals surface area contributed by atoms with Gasteiger partial charge in [-0.05, 0) is 37.5 Å². The number of benzene rings is 1. The molecular weight excluding hydrogens is 254 g/mol. The van der Waals surface area contributed by atoms with Gasteiger partial charge < -0.3 is 10.4 Å². The minimum atomic E-state index is -0.951. The summed E-state index contributed by atoms with van der Waals surface area (Å²) >= 11 is 0. The number of fused-ring (bicyclic) bond motifs is 1. The smallest absolute Gasteiger partial charge is 0.335 e. The minimum absolute atomic E-state index is 0.234. The molecule has 1 aromatic heterocycles. The van der Waals surface area contributed by atoms with E-state index in [4.69, 9.17) is 5.11 Å². The van der Waals surface area contributed by atoms with Crippen molar-refractivity contribution in [1.82, 2.24) is 9.97 Å². The van der Waals surface area contributed by atoms with E-state index in [1.54, 1.807) is 18.2 Å². The number of aromatic nitrogens is 2. The molecule has 0 amide bonds. The number of nitrogens with zero attached hydrogens (tertiary/aromatic N) is 2. The number of nitrogens with one attached hydrogen (secondary N) is 1. The molecule has 2 N–H and O–H groups in total. The first kappa shape index (κ1) is 14.2. The molecule has 2 rings (SSSR count). The Morgan fingerprint density at radius 2 is 2.05 bits per heavy atom. The molecule has 5 nitrogen and oxygen atoms in total. The van der Waals surface area contributed by atoms with Crippen molar-refractivity contribution in [2.45, 2.75) is 33.2 Å². The number of carbonyl (C=O) groups is 1. The molecule has 0 bridgehead atoms. The molecule has 0 aliphatic heterocycles. The maximum absolute atomic E-state index is 11.0. The lowest BCUT2D eigenvalue weighted by Gasteiger charge is -2.17. The highest BCUT2D eigenvalue weighted by atomic mass is 16.4. The summed E-state index contributed by atoms with van der Waals surface area (Å²) in [6.07, 6.45) is 2.50. The summed E-state index contributed by atoms with van der Waals surface area (Å²) in [6, 6.07) is 5.19. The Balaban J connectivity index is 2.32. The highest BCUT2D eigenvalue weighted by Crippen LogP contribution is 2.22. The van der Waals surface area contributed by atoms with E-state index in [9.17, 15) is 4.79 Å². The van der Waals surface area contributed by atoms with Gasteiger partial charge >= 0.3 is 5.97 Å². The Kier molecular flexibility index (Phi) is 4.17. The topological polar surface area (TPSA) is 75.1 Å². The fourth-order valence-corrected chi connectivity index (χ4v) is 2.30. The third kappa shape index (κ3) is 3.23. The van der Waals surface area contributed by atoms with Crippen LogP contribution in [0.1, 0.15) is 37.6 Å². The van der Waals surface area contributed by atoms with Crippen molar-refractivity contribution >= 4 is 22.7 Å². The molecule has 20 heavy (non-hydrogen) atoms. The molecule has 0 aliphatic rings. The number of carboxylic acids is 1. The van der Waals surface area contributed by atoms with E-state index in [0.29, 0.717) is 17.5 Å². The van der Waals surface area contributed by atoms with Gasteiger partial charge in [-0.2, -0.15) is 0 Å². The van der Waals surface area contributed by atoms with Crippen LogP contribution in [0, 0.1) is 5.92 Å². The van der Waals surface area contributed by atoms with Crippen LogP contribution in [0.25, 0.3) is 10.9 Å². The monoisotopic (exact) mass is 273 g/mol. The van der Waals surface area contributed by atoms with E-state index in [0.717, 1.165) is 17.6 Å². The zero-order chi connectivity index (χ0) is 14.7. The average Bonchev–Trinajstić information content (AvgIpc) is 2.37. The Morgan fingerprint density at radius 3 is 2.70 bits per heavy atom. The number of anilines is 1. The number of hydrogen-bond donors (Lipinski definition) is 2. The molecule has 1 atom stereocenters. The molecule has 0 fully saturated rings. The molecule has 0 spiro atoms. The zero-order valence-electron chi connectivity index (χ0n) is 11.9. The third-order valence-electron chi connectivity index (χ3n) is 3.09. The first-order valence-corrected chi connectivity index (χ1v) is 6.72. The molecule has 5 heteroatoms. The lowest BCUT2D eigenvalue weighted by molar-refractivity contribution is 0.0697. The Hall–Kier alpha value is -2.17. The summed E-state index contributed by atoms with van der Waals surface area (Å²) in [7, 11) is 0. The van der Waals surface area contributed by atoms with Gasteiger partial charge in [0.1, 0.15) is 12.1 Å². The molecule has 0 aliphatic carbocycles. The lowest BCUT2D eigenvalue weighted by Crippen LogP contribution is -2.18. The quantitative estimate of drug-likeness (QED) is 0.875. The molecule has 0 saturated heterocycles. The Bertz CT molecular complexity index is 626. The van der Waals surface area contributed by atoms with E-state index >= 15 is 0 Å². The fourth-order valence-electron chi connectivity index (χ4n) is 2.30. The van der Waals surface area contributed by atoms with Crippen LogP contribution in [-0.4, -0.2) is 27.1 Å². The normalized spacial score (nSPS) is 12.6. The summed E-state index contributed by atoms with van der Waals surface area (Å²) in [5.41, 5.74) is 0.872. The van der Waals surface area contributed by atoms with Gasteiger partial charge in [-0.25, -0.2) is 14.8 Å². The SMILES string of the molecule is CC(C)CC(C)Nc1ncnc2cc(C(=O)O)ccc12. The van der Waals surface area contributed by atoms with Crippen molar-refractivity contribution in [3.05, 3.63) is 30.1 Å². The minimum Gasteiger partial charge on any atom is -0.478 e. The second kappa shape index (κ2) is 5.86. The van der Waals surface area contributed by atoms with Crippen LogP contribution < -0.4 is 5.32 Å². The zero-order valence-corrected chi connectivity index (χ0v) is 11.9. The Labute approximate surface area is 118 Å². The van der Waals surface area contributed by atoms with Gasteiger partial charge in [0, 0.05) is 11.4 Å². The van der Waals surface area contributed by atoms with Crippen LogP contribution in [0.3, 0.4) is 0 Å². The molecule has 1 aromatic carbocycles. The molecule has 1 unspecified atom stereocenters. The van der Waals surface area contributed by atoms with E-state index in [-0.39, 0.29) is 5.56 Å². The van der Waals surface area contributed by atoms with Crippen LogP contribution in [-0.2, 0) is 0 Å². The molecule has 106 valence electrons. The summed E-state index contributed by atoms with van der Waals surface area (Å²) in [5, 5.41) is 13.2. The number of carboxylic acid groups (broad SMARTS) is 1. The van der Waals surface area contributed by atoms with E-state index in [1.807, 2.05) is 0 Å². The van der Waals surface area contributed by atoms with Gasteiger partial charge in [0.05, 0.1) is 11.1 Å². The van der Waals surface area contributed by atoms with Crippen molar-refractivity contribution in [2.24, 2.45) is 5.92 Å². The van der Waals surface area contributed by atoms with Crippen LogP contribution in [0.2, 0.25) is 0 Å². The molecule has 2 aromatic rings. The maximum Gasteiger partial charge on any atom is 0.335 e. The summed E-state index contributed by atoms with van der Waals surface area (Å²) < 4.78 is 0. The number of aromatic carboxylic acids is 1. The molecular formula is C15H19N3O2. The summed E-state index contributed by atoms with van der Waals surface area (Å²) in [5.74, 6) is 0.400. The van der Waals surface area contributed by atoms with Crippen molar-refractivity contribution in [3.63, 3.8) is 0 Å². The van der Waals surface area contributed by atoms with Crippen molar-refractivity contribution in [1.29, 1.82) is 0 Å². The fraction of sp³-hybridized carbons (Fsp3) is 0.400. The van der Waals surface area contributed by atoms with Gasteiger partial charge in [0.15, 0.2) is 0 Å². The van der Waals surface area contributed by atoms with E-state index in [2.05, 4.69) is 36.1 Å². The van der Waals surface area contributed by atoms with Crippen molar-refractivity contribution in [2.75, 3.05) is 5.32 Å². The lowest BCUT2D eigenvalue weighted by atomic mass is 10.1. The average molecular weight is 273 g/mol. The number of hydrogen-bond acceptors (Lipinski definition) is 4. The van der Waals surface area contributed by atoms with Crippen molar-refractivity contribution in [3.8, 4) is 0 Å². The van der Waals surface area contributed by atoms with Gasteiger partial charge in [-0.15, -0.1) is 0 Å². The van der Waals surface area contributed by atoms with Gasteiger partial charge in [0.25, 0.3) is 0 Å². The van der Waals surface area contributed by atoms with Crippen LogP contribution in [0.4, 0.5) is 5.82 Å². The largest absolute Gasteiger partial charge is 0.478 e. The van der Waals surface area contributed by atoms with E-state index < -0.39 is 5.97 Å². The van der Waals surface area contributed by atoms with Gasteiger partial charge in [-0.3, -0.25) is 0 Å². The van der Waals surface area contributed by atoms with Crippen LogP contribution in [0.5, 0.6) is 0 Å². The first-order chi connectivity index (χ1) is 9.47. The van der Waals surface area contributed by atoms with Crippen LogP contribution >= 0.6 is 0 Å². The number of rotatable bonds is 5. The Morgan fingerprint density at radius 1 is 1.30 bits per heavy atom. The highest BCUT2D eigenvalue weighted by molar-refractivity contribution is 5.96. The van der Waals surface area contributed by atoms with Crippen molar-refractivity contribution < 1.29 is 9.90 Å². The molecule has 0 radical (unpaired) electrons. The highest BCUT2D eigenvalue weighted by Gasteiger charge is 2.11. The standard InChI is InChI=1S/C15H19N3O2/c1-9(2)6-10(3)18-14-12-5-4-11(15(19)20)7-13(12)16-8-17-14/h4-5,7-10H,6H2,1-3H3,(H,19,20)(H,16,17,18). The second-order valence-corrected chi connectivity index (χ2v) is 5.43. The third-order valence-corrected chi connectivity index (χ3v) is 3.09. The summed E-state index contributed by atoms with van der Waals surface area (Å²) in [6.45, 7) is 6.46. The first-order valence-electron chi connectivity index (χ1n) is 6.72. The van der Waals surface area contributed by atoms with Crippen LogP contribution in [0.15, 0.2) is 24.5 Å². The maximum atomic E-state index is 11.0. The molecule has 0 saturated carbocycles. The van der Waals surface area contributed by atoms with Gasteiger partial charge in [-0.1, -0.05) is 13.8 Å². The second-order valence-electron chi connectivity index (χ2n) is 5.43. The summed E-state index contributed by atoms with van der Waals surface area (Å²) in [4.78, 5) is 19.4. The van der Waals surface area contributed by atoms with E-state index in [1.165, 1.54) is 6.33 Å². The molecule has 1 heterocycles. The predicted octanol–water partition coefficient (Wildman–Crippen LogP) is 3.17. The predicted molar refractivity (Wildman–Crippen MR) is 79.0 cm³/mol. The van der Waals surface area contributed by atoms with Gasteiger partial charge in [0.2, 0.25) is 0 Å².